The first-order valence-corrected chi connectivity index (χ1v) is 6.97. The molecule has 0 aliphatic carbocycles. The molecule has 1 aromatic carbocycles. The van der Waals surface area contributed by atoms with Crippen molar-refractivity contribution < 1.29 is 4.79 Å². The zero-order valence-electron chi connectivity index (χ0n) is 8.92. The molecule has 2 aliphatic rings. The van der Waals surface area contributed by atoms with Crippen LogP contribution in [-0.2, 0) is 4.79 Å². The van der Waals surface area contributed by atoms with Gasteiger partial charge in [-0.05, 0) is 37.1 Å². The van der Waals surface area contributed by atoms with Crippen LogP contribution in [0.15, 0.2) is 27.6 Å². The number of nitrogens with one attached hydrogen (secondary N) is 1. The van der Waals surface area contributed by atoms with E-state index in [1.807, 2.05) is 11.8 Å². The number of carbonyl (C=O) groups excluding carboxylic acids is 1. The second kappa shape index (κ2) is 3.50. The van der Waals surface area contributed by atoms with Crippen molar-refractivity contribution in [3.63, 3.8) is 0 Å². The van der Waals surface area contributed by atoms with Crippen LogP contribution in [0.4, 0.5) is 0 Å². The molecule has 1 N–H and O–H groups in total. The van der Waals surface area contributed by atoms with Gasteiger partial charge in [-0.2, -0.15) is 0 Å². The number of rotatable bonds is 0. The Labute approximate surface area is 107 Å². The van der Waals surface area contributed by atoms with Crippen molar-refractivity contribution in [2.75, 3.05) is 0 Å². The topological polar surface area (TPSA) is 29.1 Å². The maximum atomic E-state index is 11.5. The lowest BCUT2D eigenvalue weighted by Crippen LogP contribution is -2.44. The first-order chi connectivity index (χ1) is 7.58. The van der Waals surface area contributed by atoms with Gasteiger partial charge in [0.25, 0.3) is 0 Å². The highest BCUT2D eigenvalue weighted by Crippen LogP contribution is 2.55. The second-order valence-electron chi connectivity index (χ2n) is 4.60. The predicted molar refractivity (Wildman–Crippen MR) is 68.5 cm³/mol. The van der Waals surface area contributed by atoms with Gasteiger partial charge in [0, 0.05) is 20.5 Å². The molecule has 0 bridgehead atoms. The van der Waals surface area contributed by atoms with Crippen molar-refractivity contribution >= 4 is 33.6 Å². The summed E-state index contributed by atoms with van der Waals surface area (Å²) in [6.07, 6.45) is 1.61. The molecule has 2 unspecified atom stereocenters. The van der Waals surface area contributed by atoms with Crippen molar-refractivity contribution in [2.24, 2.45) is 0 Å². The Morgan fingerprint density at radius 2 is 2.38 bits per heavy atom. The molecule has 1 aromatic rings. The molecule has 0 spiro atoms. The minimum Gasteiger partial charge on any atom is -0.348 e. The fourth-order valence-corrected chi connectivity index (χ4v) is 4.32. The minimum atomic E-state index is 0.136. The van der Waals surface area contributed by atoms with Crippen LogP contribution in [0, 0.1) is 0 Å². The third-order valence-electron chi connectivity index (χ3n) is 3.39. The van der Waals surface area contributed by atoms with E-state index in [1.54, 1.807) is 0 Å². The van der Waals surface area contributed by atoms with Gasteiger partial charge in [0.2, 0.25) is 5.91 Å². The number of benzene rings is 1. The summed E-state index contributed by atoms with van der Waals surface area (Å²) >= 11 is 5.39. The maximum absolute atomic E-state index is 11.5. The molecule has 0 radical (unpaired) electrons. The summed E-state index contributed by atoms with van der Waals surface area (Å²) in [6, 6.07) is 6.50. The molecule has 1 saturated heterocycles. The molecule has 2 heterocycles. The summed E-state index contributed by atoms with van der Waals surface area (Å²) in [5.74, 6) is 0.177. The van der Waals surface area contributed by atoms with Crippen LogP contribution >= 0.6 is 27.7 Å². The summed E-state index contributed by atoms with van der Waals surface area (Å²) < 4.78 is 1.22. The number of amides is 1. The fourth-order valence-electron chi connectivity index (χ4n) is 2.50. The van der Waals surface area contributed by atoms with E-state index in [1.165, 1.54) is 10.5 Å². The highest BCUT2D eigenvalue weighted by atomic mass is 79.9. The van der Waals surface area contributed by atoms with Crippen LogP contribution < -0.4 is 5.32 Å². The first-order valence-electron chi connectivity index (χ1n) is 5.36. The molecule has 84 valence electrons. The van der Waals surface area contributed by atoms with E-state index in [2.05, 4.69) is 46.4 Å². The van der Waals surface area contributed by atoms with Gasteiger partial charge in [-0.15, -0.1) is 11.8 Å². The van der Waals surface area contributed by atoms with Gasteiger partial charge in [-0.1, -0.05) is 15.9 Å². The van der Waals surface area contributed by atoms with Crippen LogP contribution in [0.5, 0.6) is 0 Å². The van der Waals surface area contributed by atoms with E-state index < -0.39 is 0 Å². The van der Waals surface area contributed by atoms with Crippen molar-refractivity contribution in [3.8, 4) is 0 Å². The standard InChI is InChI=1S/C12H12BrNOS/c1-12-5-4-10(15)14-11(12)8-6-7(13)2-3-9(8)16-12/h2-3,6,11H,4-5H2,1H3,(H,14,15). The molecule has 0 saturated carbocycles. The Hall–Kier alpha value is -0.480. The van der Waals surface area contributed by atoms with Gasteiger partial charge in [-0.25, -0.2) is 0 Å². The number of halogens is 1. The van der Waals surface area contributed by atoms with Crippen molar-refractivity contribution in [1.82, 2.24) is 5.32 Å². The molecule has 2 nitrogen and oxygen atoms in total. The van der Waals surface area contributed by atoms with Gasteiger partial charge in [-0.3, -0.25) is 4.79 Å². The fraction of sp³-hybridized carbons (Fsp3) is 0.417. The van der Waals surface area contributed by atoms with E-state index >= 15 is 0 Å². The summed E-state index contributed by atoms with van der Waals surface area (Å²) in [6.45, 7) is 2.25. The molecule has 0 aromatic heterocycles. The van der Waals surface area contributed by atoms with Gasteiger partial charge >= 0.3 is 0 Å². The molecule has 1 amide bonds. The molecule has 2 atom stereocenters. The van der Waals surface area contributed by atoms with Crippen molar-refractivity contribution in [1.29, 1.82) is 0 Å². The highest BCUT2D eigenvalue weighted by molar-refractivity contribution is 9.10. The maximum Gasteiger partial charge on any atom is 0.220 e. The summed E-state index contributed by atoms with van der Waals surface area (Å²) in [5, 5.41) is 3.12. The Kier molecular flexibility index (Phi) is 2.33. The number of fused-ring (bicyclic) bond motifs is 3. The first kappa shape index (κ1) is 10.7. The summed E-state index contributed by atoms with van der Waals surface area (Å²) in [4.78, 5) is 12.8. The van der Waals surface area contributed by atoms with Crippen LogP contribution in [0.2, 0.25) is 0 Å². The third-order valence-corrected chi connectivity index (χ3v) is 5.38. The Morgan fingerprint density at radius 1 is 1.56 bits per heavy atom. The third kappa shape index (κ3) is 1.51. The monoisotopic (exact) mass is 297 g/mol. The normalized spacial score (nSPS) is 31.9. The number of carbonyl (C=O) groups is 1. The van der Waals surface area contributed by atoms with Crippen LogP contribution in [0.1, 0.15) is 31.4 Å². The smallest absolute Gasteiger partial charge is 0.220 e. The molecule has 2 aliphatic heterocycles. The average molecular weight is 298 g/mol. The largest absolute Gasteiger partial charge is 0.348 e. The Balaban J connectivity index is 2.08. The number of hydrogen-bond donors (Lipinski definition) is 1. The lowest BCUT2D eigenvalue weighted by molar-refractivity contribution is -0.123. The Bertz CT molecular complexity index is 476. The summed E-state index contributed by atoms with van der Waals surface area (Å²) in [7, 11) is 0. The second-order valence-corrected chi connectivity index (χ2v) is 7.09. The lowest BCUT2D eigenvalue weighted by Gasteiger charge is -2.35. The number of hydrogen-bond acceptors (Lipinski definition) is 2. The molecular formula is C12H12BrNOS. The van der Waals surface area contributed by atoms with Crippen LogP contribution in [0.25, 0.3) is 0 Å². The van der Waals surface area contributed by atoms with E-state index in [0.29, 0.717) is 6.42 Å². The van der Waals surface area contributed by atoms with E-state index in [9.17, 15) is 4.79 Å². The van der Waals surface area contributed by atoms with Gasteiger partial charge in [0.1, 0.15) is 0 Å². The molecule has 3 rings (SSSR count). The zero-order valence-corrected chi connectivity index (χ0v) is 11.3. The van der Waals surface area contributed by atoms with E-state index in [4.69, 9.17) is 0 Å². The van der Waals surface area contributed by atoms with Gasteiger partial charge in [0.15, 0.2) is 0 Å². The number of piperidine rings is 1. The van der Waals surface area contributed by atoms with Crippen LogP contribution in [0.3, 0.4) is 0 Å². The van der Waals surface area contributed by atoms with Gasteiger partial charge in [0.05, 0.1) is 6.04 Å². The highest BCUT2D eigenvalue weighted by Gasteiger charge is 2.46. The molecule has 16 heavy (non-hydrogen) atoms. The summed E-state index contributed by atoms with van der Waals surface area (Å²) in [5.41, 5.74) is 1.26. The van der Waals surface area contributed by atoms with Gasteiger partial charge < -0.3 is 5.32 Å². The minimum absolute atomic E-state index is 0.136. The quantitative estimate of drug-likeness (QED) is 0.796. The lowest BCUT2D eigenvalue weighted by atomic mass is 9.87. The van der Waals surface area contributed by atoms with E-state index in [-0.39, 0.29) is 16.7 Å². The molecule has 4 heteroatoms. The van der Waals surface area contributed by atoms with Crippen molar-refractivity contribution in [3.05, 3.63) is 28.2 Å². The zero-order chi connectivity index (χ0) is 11.3. The van der Waals surface area contributed by atoms with Crippen LogP contribution in [-0.4, -0.2) is 10.7 Å². The average Bonchev–Trinajstić information content (AvgIpc) is 2.52. The predicted octanol–water partition coefficient (Wildman–Crippen LogP) is 3.26. The van der Waals surface area contributed by atoms with E-state index in [0.717, 1.165) is 10.9 Å². The number of thioether (sulfide) groups is 1. The molecular weight excluding hydrogens is 286 g/mol. The molecule has 1 fully saturated rings. The SMILES string of the molecule is CC12CCC(=O)NC1c1cc(Br)ccc1S2. The van der Waals surface area contributed by atoms with Crippen molar-refractivity contribution in [2.45, 2.75) is 35.4 Å². The Morgan fingerprint density at radius 3 is 3.19 bits per heavy atom.